The Balaban J connectivity index is 2.73. The van der Waals surface area contributed by atoms with Crippen molar-refractivity contribution < 1.29 is 22.6 Å². The van der Waals surface area contributed by atoms with Crippen molar-refractivity contribution in [2.45, 2.75) is 11.2 Å². The van der Waals surface area contributed by atoms with Crippen molar-refractivity contribution in [3.63, 3.8) is 0 Å². The average Bonchev–Trinajstić information content (AvgIpc) is 2.40. The summed E-state index contributed by atoms with van der Waals surface area (Å²) in [5.74, 6) is 0.598. The molecule has 0 aliphatic carbocycles. The summed E-state index contributed by atoms with van der Waals surface area (Å²) in [6.07, 6.45) is -0.613. The molecule has 0 fully saturated rings. The first-order valence-electron chi connectivity index (χ1n) is 5.23. The van der Waals surface area contributed by atoms with Crippen LogP contribution in [0.1, 0.15) is 0 Å². The standard InChI is InChI=1S/C11H17NO5S/c1-15-9-4-6-10(7-5-9)18(13,14)12-8-11(16-2)17-3/h4-7,11-12H,8H2,1-3H3. The van der Waals surface area contributed by atoms with Crippen LogP contribution in [0, 0.1) is 0 Å². The van der Waals surface area contributed by atoms with Crippen LogP contribution in [0.25, 0.3) is 0 Å². The van der Waals surface area contributed by atoms with E-state index in [1.807, 2.05) is 0 Å². The number of methoxy groups -OCH3 is 3. The predicted molar refractivity (Wildman–Crippen MR) is 66.0 cm³/mol. The highest BCUT2D eigenvalue weighted by Gasteiger charge is 2.16. The molecule has 1 aromatic carbocycles. The van der Waals surface area contributed by atoms with E-state index < -0.39 is 16.3 Å². The highest BCUT2D eigenvalue weighted by Crippen LogP contribution is 2.15. The van der Waals surface area contributed by atoms with E-state index >= 15 is 0 Å². The molecule has 0 saturated heterocycles. The Morgan fingerprint density at radius 3 is 2.11 bits per heavy atom. The maximum atomic E-state index is 11.9. The Morgan fingerprint density at radius 2 is 1.67 bits per heavy atom. The van der Waals surface area contributed by atoms with Gasteiger partial charge in [0.15, 0.2) is 6.29 Å². The van der Waals surface area contributed by atoms with Gasteiger partial charge in [-0.2, -0.15) is 0 Å². The van der Waals surface area contributed by atoms with Crippen LogP contribution in [-0.4, -0.2) is 42.6 Å². The average molecular weight is 275 g/mol. The number of sulfonamides is 1. The molecule has 0 aliphatic heterocycles. The third kappa shape index (κ3) is 3.95. The minimum absolute atomic E-state index is 0.0430. The fraction of sp³-hybridized carbons (Fsp3) is 0.455. The van der Waals surface area contributed by atoms with E-state index in [9.17, 15) is 8.42 Å². The molecule has 1 aromatic rings. The molecular formula is C11H17NO5S. The van der Waals surface area contributed by atoms with Crippen LogP contribution in [0.3, 0.4) is 0 Å². The van der Waals surface area contributed by atoms with Crippen molar-refractivity contribution in [3.8, 4) is 5.75 Å². The summed E-state index contributed by atoms with van der Waals surface area (Å²) in [5, 5.41) is 0. The molecule has 1 rings (SSSR count). The molecule has 0 heterocycles. The fourth-order valence-corrected chi connectivity index (χ4v) is 2.30. The number of nitrogens with one attached hydrogen (secondary N) is 1. The Kier molecular flexibility index (Phi) is 5.54. The van der Waals surface area contributed by atoms with Gasteiger partial charge in [-0.05, 0) is 24.3 Å². The Morgan fingerprint density at radius 1 is 1.11 bits per heavy atom. The van der Waals surface area contributed by atoms with Gasteiger partial charge < -0.3 is 14.2 Å². The lowest BCUT2D eigenvalue weighted by Crippen LogP contribution is -2.34. The molecule has 0 unspecified atom stereocenters. The van der Waals surface area contributed by atoms with Crippen molar-refractivity contribution >= 4 is 10.0 Å². The summed E-state index contributed by atoms with van der Waals surface area (Å²) in [7, 11) is 0.832. The van der Waals surface area contributed by atoms with E-state index in [4.69, 9.17) is 14.2 Å². The van der Waals surface area contributed by atoms with E-state index in [0.29, 0.717) is 5.75 Å². The predicted octanol–water partition coefficient (Wildman–Crippen LogP) is 0.592. The topological polar surface area (TPSA) is 73.9 Å². The van der Waals surface area contributed by atoms with Crippen LogP contribution in [0.2, 0.25) is 0 Å². The summed E-state index contributed by atoms with van der Waals surface area (Å²) in [4.78, 5) is 0.161. The van der Waals surface area contributed by atoms with Crippen LogP contribution < -0.4 is 9.46 Å². The first-order valence-corrected chi connectivity index (χ1v) is 6.71. The van der Waals surface area contributed by atoms with Crippen molar-refractivity contribution in [2.24, 2.45) is 0 Å². The summed E-state index contributed by atoms with van der Waals surface area (Å²) in [5.41, 5.74) is 0. The van der Waals surface area contributed by atoms with Crippen LogP contribution in [0.5, 0.6) is 5.75 Å². The Labute approximate surface area is 107 Å². The van der Waals surface area contributed by atoms with E-state index in [-0.39, 0.29) is 11.4 Å². The minimum atomic E-state index is -3.57. The van der Waals surface area contributed by atoms with Crippen LogP contribution in [-0.2, 0) is 19.5 Å². The van der Waals surface area contributed by atoms with Crippen LogP contribution in [0.15, 0.2) is 29.2 Å². The number of hydrogen-bond donors (Lipinski definition) is 1. The summed E-state index contributed by atoms with van der Waals surface area (Å²) < 4.78 is 41.0. The maximum Gasteiger partial charge on any atom is 0.240 e. The SMILES string of the molecule is COc1ccc(S(=O)(=O)NCC(OC)OC)cc1. The molecule has 1 N–H and O–H groups in total. The number of benzene rings is 1. The van der Waals surface area contributed by atoms with Crippen molar-refractivity contribution in [1.29, 1.82) is 0 Å². The molecular weight excluding hydrogens is 258 g/mol. The largest absolute Gasteiger partial charge is 0.497 e. The lowest BCUT2D eigenvalue weighted by Gasteiger charge is -2.14. The zero-order chi connectivity index (χ0) is 13.6. The van der Waals surface area contributed by atoms with Gasteiger partial charge in [-0.15, -0.1) is 0 Å². The van der Waals surface area contributed by atoms with Crippen LogP contribution >= 0.6 is 0 Å². The van der Waals surface area contributed by atoms with E-state index in [0.717, 1.165) is 0 Å². The molecule has 0 bridgehead atoms. The van der Waals surface area contributed by atoms with Crippen molar-refractivity contribution in [2.75, 3.05) is 27.9 Å². The third-order valence-electron chi connectivity index (χ3n) is 2.34. The van der Waals surface area contributed by atoms with Gasteiger partial charge >= 0.3 is 0 Å². The number of ether oxygens (including phenoxy) is 3. The van der Waals surface area contributed by atoms with Gasteiger partial charge in [-0.25, -0.2) is 13.1 Å². The highest BCUT2D eigenvalue weighted by molar-refractivity contribution is 7.89. The molecule has 0 radical (unpaired) electrons. The van der Waals surface area contributed by atoms with Gasteiger partial charge in [0.1, 0.15) is 5.75 Å². The van der Waals surface area contributed by atoms with E-state index in [2.05, 4.69) is 4.72 Å². The molecule has 7 heteroatoms. The molecule has 6 nitrogen and oxygen atoms in total. The molecule has 18 heavy (non-hydrogen) atoms. The molecule has 0 spiro atoms. The fourth-order valence-electron chi connectivity index (χ4n) is 1.28. The Bertz CT molecular complexity index is 453. The van der Waals surface area contributed by atoms with Crippen molar-refractivity contribution in [1.82, 2.24) is 4.72 Å². The zero-order valence-electron chi connectivity index (χ0n) is 10.5. The lowest BCUT2D eigenvalue weighted by molar-refractivity contribution is -0.0960. The molecule has 0 aliphatic rings. The second-order valence-electron chi connectivity index (χ2n) is 3.43. The lowest BCUT2D eigenvalue weighted by atomic mass is 10.3. The maximum absolute atomic E-state index is 11.9. The van der Waals surface area contributed by atoms with Gasteiger partial charge in [0.25, 0.3) is 0 Å². The normalized spacial score (nSPS) is 11.8. The summed E-state index contributed by atoms with van der Waals surface area (Å²) >= 11 is 0. The zero-order valence-corrected chi connectivity index (χ0v) is 11.4. The first kappa shape index (κ1) is 14.9. The molecule has 102 valence electrons. The van der Waals surface area contributed by atoms with Gasteiger partial charge in [0, 0.05) is 14.2 Å². The quantitative estimate of drug-likeness (QED) is 0.737. The number of hydrogen-bond acceptors (Lipinski definition) is 5. The van der Waals surface area contributed by atoms with Gasteiger partial charge in [-0.1, -0.05) is 0 Å². The highest BCUT2D eigenvalue weighted by atomic mass is 32.2. The third-order valence-corrected chi connectivity index (χ3v) is 3.78. The molecule has 0 atom stereocenters. The second-order valence-corrected chi connectivity index (χ2v) is 5.20. The molecule has 0 saturated carbocycles. The van der Waals surface area contributed by atoms with Crippen LogP contribution in [0.4, 0.5) is 0 Å². The minimum Gasteiger partial charge on any atom is -0.497 e. The van der Waals surface area contributed by atoms with Gasteiger partial charge in [-0.3, -0.25) is 0 Å². The number of rotatable bonds is 7. The Hall–Kier alpha value is -1.15. The summed E-state index contributed by atoms with van der Waals surface area (Å²) in [6.45, 7) is 0.0430. The van der Waals surface area contributed by atoms with E-state index in [1.54, 1.807) is 12.1 Å². The monoisotopic (exact) mass is 275 g/mol. The molecule has 0 aromatic heterocycles. The van der Waals surface area contributed by atoms with Gasteiger partial charge in [0.2, 0.25) is 10.0 Å². The second kappa shape index (κ2) is 6.69. The molecule has 0 amide bonds. The van der Waals surface area contributed by atoms with Crippen molar-refractivity contribution in [3.05, 3.63) is 24.3 Å². The van der Waals surface area contributed by atoms with Gasteiger partial charge in [0.05, 0.1) is 18.6 Å². The first-order chi connectivity index (χ1) is 8.53. The summed E-state index contributed by atoms with van der Waals surface area (Å²) in [6, 6.07) is 6.10. The smallest absolute Gasteiger partial charge is 0.240 e. The van der Waals surface area contributed by atoms with E-state index in [1.165, 1.54) is 33.5 Å².